The highest BCUT2D eigenvalue weighted by Gasteiger charge is 2.18. The van der Waals surface area contributed by atoms with Crippen molar-refractivity contribution in [2.45, 2.75) is 16.7 Å². The highest BCUT2D eigenvalue weighted by molar-refractivity contribution is 7.93. The smallest absolute Gasteiger partial charge is 0.262 e. The van der Waals surface area contributed by atoms with Gasteiger partial charge in [-0.2, -0.15) is 0 Å². The average Bonchev–Trinajstić information content (AvgIpc) is 2.74. The van der Waals surface area contributed by atoms with E-state index in [4.69, 9.17) is 9.47 Å². The lowest BCUT2D eigenvalue weighted by Gasteiger charge is -2.13. The van der Waals surface area contributed by atoms with E-state index in [1.807, 2.05) is 6.92 Å². The Kier molecular flexibility index (Phi) is 6.42. The third kappa shape index (κ3) is 5.28. The van der Waals surface area contributed by atoms with Crippen LogP contribution in [0.3, 0.4) is 0 Å². The van der Waals surface area contributed by atoms with Crippen molar-refractivity contribution in [2.75, 3.05) is 23.7 Å². The zero-order chi connectivity index (χ0) is 22.6. The SMILES string of the molecule is COc1ccc(NS(=O)(=O)c2ccc(NS(=O)(=O)c3ccc(C)cc3)cc2)c(OC)c1. The number of benzene rings is 3. The van der Waals surface area contributed by atoms with E-state index in [0.29, 0.717) is 11.5 Å². The van der Waals surface area contributed by atoms with Gasteiger partial charge in [0, 0.05) is 11.8 Å². The number of aryl methyl sites for hydroxylation is 1. The number of hydrogen-bond acceptors (Lipinski definition) is 6. The molecule has 10 heteroatoms. The summed E-state index contributed by atoms with van der Waals surface area (Å²) in [6.07, 6.45) is 0. The summed E-state index contributed by atoms with van der Waals surface area (Å²) in [4.78, 5) is 0.0757. The van der Waals surface area contributed by atoms with E-state index >= 15 is 0 Å². The summed E-state index contributed by atoms with van der Waals surface area (Å²) >= 11 is 0. The lowest BCUT2D eigenvalue weighted by atomic mass is 10.2. The van der Waals surface area contributed by atoms with Crippen LogP contribution in [0.25, 0.3) is 0 Å². The number of sulfonamides is 2. The average molecular weight is 463 g/mol. The van der Waals surface area contributed by atoms with Gasteiger partial charge in [0.25, 0.3) is 20.0 Å². The zero-order valence-corrected chi connectivity index (χ0v) is 18.7. The normalized spacial score (nSPS) is 11.6. The van der Waals surface area contributed by atoms with Crippen LogP contribution < -0.4 is 18.9 Å². The maximum absolute atomic E-state index is 12.7. The first-order valence-corrected chi connectivity index (χ1v) is 12.1. The summed E-state index contributed by atoms with van der Waals surface area (Å²) in [5.41, 5.74) is 1.42. The van der Waals surface area contributed by atoms with Gasteiger partial charge in [-0.05, 0) is 55.5 Å². The van der Waals surface area contributed by atoms with Crippen molar-refractivity contribution in [3.8, 4) is 11.5 Å². The van der Waals surface area contributed by atoms with Crippen LogP contribution in [0.1, 0.15) is 5.56 Å². The standard InChI is InChI=1S/C21H22N2O6S2/c1-15-4-9-18(10-5-15)30(24,25)22-16-6-11-19(12-7-16)31(26,27)23-20-13-8-17(28-2)14-21(20)29-3/h4-14,22-23H,1-3H3. The molecule has 0 unspecified atom stereocenters. The number of methoxy groups -OCH3 is 2. The van der Waals surface area contributed by atoms with Crippen molar-refractivity contribution in [3.05, 3.63) is 72.3 Å². The Morgan fingerprint density at radius 3 is 1.77 bits per heavy atom. The van der Waals surface area contributed by atoms with Crippen LogP contribution >= 0.6 is 0 Å². The Bertz CT molecular complexity index is 1270. The Labute approximate surface area is 181 Å². The first-order chi connectivity index (χ1) is 14.6. The minimum atomic E-state index is -3.93. The van der Waals surface area contributed by atoms with E-state index < -0.39 is 20.0 Å². The molecule has 0 radical (unpaired) electrons. The van der Waals surface area contributed by atoms with Gasteiger partial charge in [-0.15, -0.1) is 0 Å². The van der Waals surface area contributed by atoms with Crippen LogP contribution in [0.2, 0.25) is 0 Å². The van der Waals surface area contributed by atoms with E-state index in [1.165, 1.54) is 56.7 Å². The minimum Gasteiger partial charge on any atom is -0.497 e. The minimum absolute atomic E-state index is 0.0383. The number of rotatable bonds is 8. The fourth-order valence-electron chi connectivity index (χ4n) is 2.72. The molecule has 0 aliphatic carbocycles. The molecule has 3 aromatic carbocycles. The molecule has 0 aliphatic heterocycles. The van der Waals surface area contributed by atoms with Crippen molar-refractivity contribution in [1.29, 1.82) is 0 Å². The molecule has 0 spiro atoms. The van der Waals surface area contributed by atoms with Crippen LogP contribution in [0.15, 0.2) is 76.5 Å². The second-order valence-electron chi connectivity index (χ2n) is 6.61. The fraction of sp³-hybridized carbons (Fsp3) is 0.143. The molecule has 164 valence electrons. The van der Waals surface area contributed by atoms with Gasteiger partial charge in [-0.25, -0.2) is 16.8 Å². The molecule has 3 rings (SSSR count). The van der Waals surface area contributed by atoms with E-state index in [0.717, 1.165) is 5.56 Å². The van der Waals surface area contributed by atoms with Gasteiger partial charge < -0.3 is 9.47 Å². The molecule has 0 fully saturated rings. The summed E-state index contributed by atoms with van der Waals surface area (Å²) in [6, 6.07) is 16.5. The summed E-state index contributed by atoms with van der Waals surface area (Å²) < 4.78 is 65.7. The molecular weight excluding hydrogens is 440 g/mol. The molecule has 0 aliphatic rings. The fourth-order valence-corrected chi connectivity index (χ4v) is 4.85. The summed E-state index contributed by atoms with van der Waals surface area (Å²) in [5, 5.41) is 0. The Morgan fingerprint density at radius 2 is 1.23 bits per heavy atom. The van der Waals surface area contributed by atoms with Gasteiger partial charge in [0.2, 0.25) is 0 Å². The van der Waals surface area contributed by atoms with Crippen LogP contribution in [0.4, 0.5) is 11.4 Å². The second-order valence-corrected chi connectivity index (χ2v) is 9.98. The Morgan fingerprint density at radius 1 is 0.677 bits per heavy atom. The lowest BCUT2D eigenvalue weighted by Crippen LogP contribution is -2.15. The van der Waals surface area contributed by atoms with E-state index in [2.05, 4.69) is 9.44 Å². The largest absolute Gasteiger partial charge is 0.497 e. The van der Waals surface area contributed by atoms with Gasteiger partial charge in [0.1, 0.15) is 11.5 Å². The topological polar surface area (TPSA) is 111 Å². The highest BCUT2D eigenvalue weighted by Crippen LogP contribution is 2.31. The predicted octanol–water partition coefficient (Wildman–Crippen LogP) is 3.61. The Hall–Kier alpha value is -3.24. The van der Waals surface area contributed by atoms with Crippen LogP contribution in [0.5, 0.6) is 11.5 Å². The van der Waals surface area contributed by atoms with Gasteiger partial charge >= 0.3 is 0 Å². The Balaban J connectivity index is 1.79. The molecule has 0 saturated carbocycles. The molecule has 31 heavy (non-hydrogen) atoms. The van der Waals surface area contributed by atoms with Crippen molar-refractivity contribution >= 4 is 31.4 Å². The second kappa shape index (κ2) is 8.86. The quantitative estimate of drug-likeness (QED) is 0.529. The van der Waals surface area contributed by atoms with Crippen molar-refractivity contribution < 1.29 is 26.3 Å². The van der Waals surface area contributed by atoms with Crippen LogP contribution in [-0.4, -0.2) is 31.1 Å². The van der Waals surface area contributed by atoms with Crippen molar-refractivity contribution in [2.24, 2.45) is 0 Å². The molecular formula is C21H22N2O6S2. The molecule has 8 nitrogen and oxygen atoms in total. The van der Waals surface area contributed by atoms with E-state index in [1.54, 1.807) is 24.3 Å². The molecule has 3 aromatic rings. The van der Waals surface area contributed by atoms with Crippen LogP contribution in [-0.2, 0) is 20.0 Å². The van der Waals surface area contributed by atoms with Crippen LogP contribution in [0, 0.1) is 6.92 Å². The number of nitrogens with one attached hydrogen (secondary N) is 2. The molecule has 2 N–H and O–H groups in total. The molecule has 0 aromatic heterocycles. The highest BCUT2D eigenvalue weighted by atomic mass is 32.2. The maximum atomic E-state index is 12.7. The maximum Gasteiger partial charge on any atom is 0.262 e. The first kappa shape index (κ1) is 22.4. The zero-order valence-electron chi connectivity index (χ0n) is 17.1. The predicted molar refractivity (Wildman–Crippen MR) is 119 cm³/mol. The lowest BCUT2D eigenvalue weighted by molar-refractivity contribution is 0.395. The monoisotopic (exact) mass is 462 g/mol. The summed E-state index contributed by atoms with van der Waals surface area (Å²) in [7, 11) is -4.81. The molecule has 0 atom stereocenters. The van der Waals surface area contributed by atoms with Crippen molar-refractivity contribution in [1.82, 2.24) is 0 Å². The molecule has 0 amide bonds. The van der Waals surface area contributed by atoms with E-state index in [9.17, 15) is 16.8 Å². The number of anilines is 2. The molecule has 0 saturated heterocycles. The molecule has 0 bridgehead atoms. The summed E-state index contributed by atoms with van der Waals surface area (Å²) in [5.74, 6) is 0.815. The van der Waals surface area contributed by atoms with Gasteiger partial charge in [0.15, 0.2) is 0 Å². The third-order valence-electron chi connectivity index (χ3n) is 4.40. The van der Waals surface area contributed by atoms with Gasteiger partial charge in [0.05, 0.1) is 29.7 Å². The first-order valence-electron chi connectivity index (χ1n) is 9.09. The van der Waals surface area contributed by atoms with Gasteiger partial charge in [-0.1, -0.05) is 17.7 Å². The molecule has 0 heterocycles. The summed E-state index contributed by atoms with van der Waals surface area (Å²) in [6.45, 7) is 1.86. The number of ether oxygens (including phenoxy) is 2. The van der Waals surface area contributed by atoms with Gasteiger partial charge in [-0.3, -0.25) is 9.44 Å². The number of hydrogen-bond donors (Lipinski definition) is 2. The van der Waals surface area contributed by atoms with Crippen molar-refractivity contribution in [3.63, 3.8) is 0 Å². The third-order valence-corrected chi connectivity index (χ3v) is 7.18. The van der Waals surface area contributed by atoms with E-state index in [-0.39, 0.29) is 21.2 Å².